The van der Waals surface area contributed by atoms with Crippen LogP contribution in [0.15, 0.2) is 23.4 Å². The summed E-state index contributed by atoms with van der Waals surface area (Å²) in [5, 5.41) is 8.54. The fraction of sp³-hybridized carbons (Fsp3) is 0.455. The van der Waals surface area contributed by atoms with Crippen LogP contribution in [0.4, 0.5) is 0 Å². The maximum atomic E-state index is 12.0. The van der Waals surface area contributed by atoms with E-state index in [0.717, 1.165) is 11.9 Å². The molecule has 1 atom stereocenters. The van der Waals surface area contributed by atoms with Gasteiger partial charge in [-0.15, -0.1) is 0 Å². The maximum absolute atomic E-state index is 12.0. The third-order valence-electron chi connectivity index (χ3n) is 2.19. The predicted molar refractivity (Wildman–Crippen MR) is 74.0 cm³/mol. The monoisotopic (exact) mass is 304 g/mol. The highest BCUT2D eigenvalue weighted by molar-refractivity contribution is 7.99. The van der Waals surface area contributed by atoms with E-state index in [0.29, 0.717) is 5.75 Å². The zero-order valence-electron chi connectivity index (χ0n) is 10.7. The highest BCUT2D eigenvalue weighted by Gasteiger charge is 2.19. The van der Waals surface area contributed by atoms with Crippen molar-refractivity contribution in [1.29, 1.82) is 0 Å². The minimum absolute atomic E-state index is 0.0477. The molecule has 0 radical (unpaired) electrons. The van der Waals surface area contributed by atoms with Gasteiger partial charge in [0.05, 0.1) is 5.56 Å². The summed E-state index contributed by atoms with van der Waals surface area (Å²) in [6, 6.07) is 2.19. The molecule has 1 unspecified atom stereocenters. The molecule has 106 valence electrons. The molecule has 0 saturated carbocycles. The quantitative estimate of drug-likeness (QED) is 0.785. The number of pyridine rings is 1. The van der Waals surface area contributed by atoms with Crippen molar-refractivity contribution in [2.24, 2.45) is 0 Å². The number of carbonyl (C=O) groups is 1. The Morgan fingerprint density at radius 2 is 2.21 bits per heavy atom. The van der Waals surface area contributed by atoms with Gasteiger partial charge < -0.3 is 5.11 Å². The second-order valence-corrected chi connectivity index (χ2v) is 6.85. The molecule has 8 heteroatoms. The van der Waals surface area contributed by atoms with E-state index in [-0.39, 0.29) is 16.6 Å². The zero-order valence-corrected chi connectivity index (χ0v) is 12.3. The van der Waals surface area contributed by atoms with Gasteiger partial charge in [0.2, 0.25) is 0 Å². The molecule has 1 aromatic heterocycles. The van der Waals surface area contributed by atoms with Crippen molar-refractivity contribution in [2.75, 3.05) is 11.5 Å². The Morgan fingerprint density at radius 1 is 1.53 bits per heavy atom. The van der Waals surface area contributed by atoms with Crippen LogP contribution in [0, 0.1) is 0 Å². The molecular formula is C11H16N2O4S2. The number of sulfonamides is 1. The summed E-state index contributed by atoms with van der Waals surface area (Å²) < 4.78 is 26.4. The van der Waals surface area contributed by atoms with Gasteiger partial charge in [-0.3, -0.25) is 0 Å². The average Bonchev–Trinajstić information content (AvgIpc) is 2.36. The average molecular weight is 304 g/mol. The lowest BCUT2D eigenvalue weighted by atomic mass is 10.3. The molecule has 1 heterocycles. The molecule has 6 nitrogen and oxygen atoms in total. The van der Waals surface area contributed by atoms with E-state index >= 15 is 0 Å². The molecule has 19 heavy (non-hydrogen) atoms. The molecule has 0 fully saturated rings. The SMILES string of the molecule is CCSCC(C)NS(=O)(=O)c1ccc(C(=O)O)cn1. The van der Waals surface area contributed by atoms with E-state index < -0.39 is 16.0 Å². The number of nitrogens with one attached hydrogen (secondary N) is 1. The molecule has 0 spiro atoms. The topological polar surface area (TPSA) is 96.4 Å². The van der Waals surface area contributed by atoms with Crippen LogP contribution in [0.3, 0.4) is 0 Å². The number of aromatic nitrogens is 1. The summed E-state index contributed by atoms with van der Waals surface area (Å²) in [6.45, 7) is 3.77. The van der Waals surface area contributed by atoms with Crippen molar-refractivity contribution in [3.05, 3.63) is 23.9 Å². The van der Waals surface area contributed by atoms with Gasteiger partial charge in [-0.2, -0.15) is 11.8 Å². The summed E-state index contributed by atoms with van der Waals surface area (Å²) in [4.78, 5) is 14.3. The van der Waals surface area contributed by atoms with E-state index in [9.17, 15) is 13.2 Å². The van der Waals surface area contributed by atoms with E-state index in [1.807, 2.05) is 6.92 Å². The van der Waals surface area contributed by atoms with Gasteiger partial charge in [-0.1, -0.05) is 6.92 Å². The zero-order chi connectivity index (χ0) is 14.5. The number of aromatic carboxylic acids is 1. The maximum Gasteiger partial charge on any atom is 0.337 e. The largest absolute Gasteiger partial charge is 0.478 e. The van der Waals surface area contributed by atoms with E-state index in [1.165, 1.54) is 12.1 Å². The molecule has 0 amide bonds. The standard InChI is InChI=1S/C11H16N2O4S2/c1-3-18-7-8(2)13-19(16,17)10-5-4-9(6-12-10)11(14)15/h4-6,8,13H,3,7H2,1-2H3,(H,14,15). The first-order valence-electron chi connectivity index (χ1n) is 5.66. The lowest BCUT2D eigenvalue weighted by Gasteiger charge is -2.12. The second-order valence-electron chi connectivity index (χ2n) is 3.87. The van der Waals surface area contributed by atoms with Crippen LogP contribution in [0.25, 0.3) is 0 Å². The first kappa shape index (κ1) is 15.9. The summed E-state index contributed by atoms with van der Waals surface area (Å²) in [5.74, 6) is 0.442. The Hall–Kier alpha value is -1.12. The van der Waals surface area contributed by atoms with Crippen LogP contribution in [0.2, 0.25) is 0 Å². The first-order valence-corrected chi connectivity index (χ1v) is 8.30. The predicted octanol–water partition coefficient (Wildman–Crippen LogP) is 1.20. The van der Waals surface area contributed by atoms with Crippen LogP contribution >= 0.6 is 11.8 Å². The number of hydrogen-bond donors (Lipinski definition) is 2. The number of carboxylic acids is 1. The van der Waals surface area contributed by atoms with E-state index in [4.69, 9.17) is 5.11 Å². The normalized spacial score (nSPS) is 13.2. The summed E-state index contributed by atoms with van der Waals surface area (Å²) in [6.07, 6.45) is 1.03. The van der Waals surface area contributed by atoms with Crippen molar-refractivity contribution in [2.45, 2.75) is 24.9 Å². The molecular weight excluding hydrogens is 288 g/mol. The van der Waals surface area contributed by atoms with Gasteiger partial charge in [-0.25, -0.2) is 22.9 Å². The Kier molecular flexibility index (Phi) is 5.77. The smallest absolute Gasteiger partial charge is 0.337 e. The number of thioether (sulfide) groups is 1. The van der Waals surface area contributed by atoms with Crippen molar-refractivity contribution >= 4 is 27.8 Å². The Balaban J connectivity index is 2.79. The third-order valence-corrected chi connectivity index (χ3v) is 4.84. The number of hydrogen-bond acceptors (Lipinski definition) is 5. The van der Waals surface area contributed by atoms with E-state index in [2.05, 4.69) is 9.71 Å². The lowest BCUT2D eigenvalue weighted by molar-refractivity contribution is 0.0696. The number of rotatable bonds is 7. The first-order chi connectivity index (χ1) is 8.86. The molecule has 0 aliphatic carbocycles. The molecule has 0 aliphatic heterocycles. The summed E-state index contributed by atoms with van der Waals surface area (Å²) in [7, 11) is -3.70. The lowest BCUT2D eigenvalue weighted by Crippen LogP contribution is -2.34. The fourth-order valence-electron chi connectivity index (χ4n) is 1.32. The highest BCUT2D eigenvalue weighted by Crippen LogP contribution is 2.09. The molecule has 2 N–H and O–H groups in total. The summed E-state index contributed by atoms with van der Waals surface area (Å²) >= 11 is 1.63. The van der Waals surface area contributed by atoms with Crippen molar-refractivity contribution < 1.29 is 18.3 Å². The van der Waals surface area contributed by atoms with Crippen molar-refractivity contribution in [3.63, 3.8) is 0 Å². The van der Waals surface area contributed by atoms with Crippen molar-refractivity contribution in [3.8, 4) is 0 Å². The molecule has 0 aliphatic rings. The Labute approximate surface area is 116 Å². The van der Waals surface area contributed by atoms with Crippen LogP contribution < -0.4 is 4.72 Å². The van der Waals surface area contributed by atoms with Crippen LogP contribution in [0.5, 0.6) is 0 Å². The molecule has 0 bridgehead atoms. The molecule has 1 aromatic rings. The summed E-state index contributed by atoms with van der Waals surface area (Å²) in [5.41, 5.74) is -0.0477. The van der Waals surface area contributed by atoms with Crippen LogP contribution in [-0.2, 0) is 10.0 Å². The number of nitrogens with zero attached hydrogens (tertiary/aromatic N) is 1. The molecule has 1 rings (SSSR count). The minimum atomic E-state index is -3.70. The molecule has 0 saturated heterocycles. The van der Waals surface area contributed by atoms with Gasteiger partial charge in [0.15, 0.2) is 5.03 Å². The fourth-order valence-corrected chi connectivity index (χ4v) is 3.27. The van der Waals surface area contributed by atoms with Gasteiger partial charge in [0.25, 0.3) is 10.0 Å². The van der Waals surface area contributed by atoms with E-state index in [1.54, 1.807) is 18.7 Å². The third kappa shape index (κ3) is 4.81. The molecule has 0 aromatic carbocycles. The number of carboxylic acid groups (broad SMARTS) is 1. The Bertz CT molecular complexity index is 528. The van der Waals surface area contributed by atoms with Crippen LogP contribution in [-0.4, -0.2) is 42.0 Å². The Morgan fingerprint density at radius 3 is 2.68 bits per heavy atom. The van der Waals surface area contributed by atoms with Crippen molar-refractivity contribution in [1.82, 2.24) is 9.71 Å². The van der Waals surface area contributed by atoms with Gasteiger partial charge >= 0.3 is 5.97 Å². The minimum Gasteiger partial charge on any atom is -0.478 e. The second kappa shape index (κ2) is 6.88. The highest BCUT2D eigenvalue weighted by atomic mass is 32.2. The van der Waals surface area contributed by atoms with Gasteiger partial charge in [0.1, 0.15) is 0 Å². The van der Waals surface area contributed by atoms with Crippen LogP contribution in [0.1, 0.15) is 24.2 Å². The van der Waals surface area contributed by atoms with Gasteiger partial charge in [-0.05, 0) is 24.8 Å². The van der Waals surface area contributed by atoms with Gasteiger partial charge in [0, 0.05) is 18.0 Å².